The smallest absolute Gasteiger partial charge is 0.271 e. The molecule has 0 spiro atoms. The SMILES string of the molecule is Cc1csc2c(=O)n(Cc3noc(C4CC4)n3)cnc12. The van der Waals surface area contributed by atoms with Crippen LogP contribution in [0.5, 0.6) is 0 Å². The zero-order valence-corrected chi connectivity index (χ0v) is 11.7. The molecule has 1 fully saturated rings. The van der Waals surface area contributed by atoms with Crippen LogP contribution in [0, 0.1) is 6.92 Å². The molecule has 3 heterocycles. The van der Waals surface area contributed by atoms with Gasteiger partial charge in [0.25, 0.3) is 5.56 Å². The van der Waals surface area contributed by atoms with E-state index >= 15 is 0 Å². The highest BCUT2D eigenvalue weighted by Crippen LogP contribution is 2.38. The van der Waals surface area contributed by atoms with E-state index < -0.39 is 0 Å². The van der Waals surface area contributed by atoms with Crippen molar-refractivity contribution < 1.29 is 4.52 Å². The summed E-state index contributed by atoms with van der Waals surface area (Å²) in [5.41, 5.74) is 1.76. The van der Waals surface area contributed by atoms with E-state index in [9.17, 15) is 4.79 Å². The van der Waals surface area contributed by atoms with Gasteiger partial charge in [0.15, 0.2) is 5.82 Å². The second-order valence-electron chi connectivity index (χ2n) is 5.10. The maximum absolute atomic E-state index is 12.3. The van der Waals surface area contributed by atoms with Gasteiger partial charge in [-0.3, -0.25) is 9.36 Å². The Hall–Kier alpha value is -2.02. The second kappa shape index (κ2) is 4.24. The summed E-state index contributed by atoms with van der Waals surface area (Å²) in [4.78, 5) is 21.0. The average Bonchev–Trinajstić information content (AvgIpc) is 3.08. The maximum Gasteiger partial charge on any atom is 0.271 e. The van der Waals surface area contributed by atoms with E-state index in [1.807, 2.05) is 12.3 Å². The predicted molar refractivity (Wildman–Crippen MR) is 74.0 cm³/mol. The molecule has 0 unspecified atom stereocenters. The summed E-state index contributed by atoms with van der Waals surface area (Å²) >= 11 is 1.43. The second-order valence-corrected chi connectivity index (χ2v) is 5.98. The molecule has 0 aromatic carbocycles. The van der Waals surface area contributed by atoms with Gasteiger partial charge in [0, 0.05) is 5.92 Å². The first kappa shape index (κ1) is 11.8. The normalized spacial score (nSPS) is 15.1. The minimum atomic E-state index is -0.0501. The molecule has 1 saturated carbocycles. The fraction of sp³-hybridized carbons (Fsp3) is 0.385. The van der Waals surface area contributed by atoms with Crippen molar-refractivity contribution in [3.63, 3.8) is 0 Å². The molecular formula is C13H12N4O2S. The highest BCUT2D eigenvalue weighted by Gasteiger charge is 2.29. The minimum absolute atomic E-state index is 0.0501. The van der Waals surface area contributed by atoms with Crippen molar-refractivity contribution in [2.24, 2.45) is 0 Å². The highest BCUT2D eigenvalue weighted by molar-refractivity contribution is 7.17. The van der Waals surface area contributed by atoms with Crippen molar-refractivity contribution in [2.75, 3.05) is 0 Å². The zero-order valence-electron chi connectivity index (χ0n) is 10.9. The third kappa shape index (κ3) is 1.85. The van der Waals surface area contributed by atoms with Gasteiger partial charge >= 0.3 is 0 Å². The summed E-state index contributed by atoms with van der Waals surface area (Å²) in [5, 5.41) is 5.88. The number of hydrogen-bond donors (Lipinski definition) is 0. The van der Waals surface area contributed by atoms with Crippen molar-refractivity contribution in [3.8, 4) is 0 Å². The molecule has 102 valence electrons. The van der Waals surface area contributed by atoms with E-state index in [1.165, 1.54) is 15.9 Å². The molecule has 0 amide bonds. The molecule has 1 aliphatic rings. The Labute approximate surface area is 118 Å². The van der Waals surface area contributed by atoms with Crippen molar-refractivity contribution in [3.05, 3.63) is 39.3 Å². The van der Waals surface area contributed by atoms with Crippen molar-refractivity contribution in [1.29, 1.82) is 0 Å². The quantitative estimate of drug-likeness (QED) is 0.737. The Balaban J connectivity index is 1.70. The number of thiophene rings is 1. The molecular weight excluding hydrogens is 276 g/mol. The first-order valence-corrected chi connectivity index (χ1v) is 7.36. The van der Waals surface area contributed by atoms with Gasteiger partial charge < -0.3 is 4.52 Å². The third-order valence-corrected chi connectivity index (χ3v) is 4.52. The Morgan fingerprint density at radius 2 is 2.35 bits per heavy atom. The molecule has 6 nitrogen and oxygen atoms in total. The Kier molecular flexibility index (Phi) is 2.50. The fourth-order valence-corrected chi connectivity index (χ4v) is 3.10. The van der Waals surface area contributed by atoms with Crippen LogP contribution in [-0.2, 0) is 6.54 Å². The highest BCUT2D eigenvalue weighted by atomic mass is 32.1. The van der Waals surface area contributed by atoms with Crippen LogP contribution in [0.1, 0.15) is 36.0 Å². The summed E-state index contributed by atoms with van der Waals surface area (Å²) in [6.07, 6.45) is 3.78. The number of aromatic nitrogens is 4. The summed E-state index contributed by atoms with van der Waals surface area (Å²) < 4.78 is 7.40. The van der Waals surface area contributed by atoms with Gasteiger partial charge in [-0.25, -0.2) is 4.98 Å². The standard InChI is InChI=1S/C13H12N4O2S/c1-7-5-20-11-10(7)14-6-17(13(11)18)4-9-15-12(19-16-9)8-2-3-8/h5-6,8H,2-4H2,1H3. The average molecular weight is 288 g/mol. The summed E-state index contributed by atoms with van der Waals surface area (Å²) in [6.45, 7) is 2.26. The lowest BCUT2D eigenvalue weighted by molar-refractivity contribution is 0.373. The third-order valence-electron chi connectivity index (χ3n) is 3.45. The lowest BCUT2D eigenvalue weighted by atomic mass is 10.3. The molecule has 0 N–H and O–H groups in total. The monoisotopic (exact) mass is 288 g/mol. The molecule has 7 heteroatoms. The van der Waals surface area contributed by atoms with Gasteiger partial charge in [-0.2, -0.15) is 4.98 Å². The van der Waals surface area contributed by atoms with Crippen LogP contribution in [0.2, 0.25) is 0 Å². The number of fused-ring (bicyclic) bond motifs is 1. The Morgan fingerprint density at radius 3 is 3.15 bits per heavy atom. The molecule has 20 heavy (non-hydrogen) atoms. The number of hydrogen-bond acceptors (Lipinski definition) is 6. The van der Waals surface area contributed by atoms with Crippen LogP contribution < -0.4 is 5.56 Å². The van der Waals surface area contributed by atoms with Crippen LogP contribution >= 0.6 is 11.3 Å². The van der Waals surface area contributed by atoms with E-state index in [1.54, 1.807) is 6.33 Å². The van der Waals surface area contributed by atoms with Crippen LogP contribution in [0.4, 0.5) is 0 Å². The van der Waals surface area contributed by atoms with E-state index in [2.05, 4.69) is 15.1 Å². The zero-order chi connectivity index (χ0) is 13.7. The summed E-state index contributed by atoms with van der Waals surface area (Å²) in [7, 11) is 0. The number of nitrogens with zero attached hydrogens (tertiary/aromatic N) is 4. The van der Waals surface area contributed by atoms with E-state index in [0.29, 0.717) is 28.9 Å². The van der Waals surface area contributed by atoms with E-state index in [0.717, 1.165) is 23.9 Å². The molecule has 0 atom stereocenters. The topological polar surface area (TPSA) is 73.8 Å². The maximum atomic E-state index is 12.3. The molecule has 0 bridgehead atoms. The summed E-state index contributed by atoms with van der Waals surface area (Å²) in [6, 6.07) is 0. The summed E-state index contributed by atoms with van der Waals surface area (Å²) in [5.74, 6) is 1.64. The van der Waals surface area contributed by atoms with E-state index in [4.69, 9.17) is 4.52 Å². The van der Waals surface area contributed by atoms with Gasteiger partial charge in [-0.1, -0.05) is 5.16 Å². The number of aryl methyl sites for hydroxylation is 1. The molecule has 0 radical (unpaired) electrons. The van der Waals surface area contributed by atoms with Crippen LogP contribution in [0.3, 0.4) is 0 Å². The molecule has 3 aromatic heterocycles. The lowest BCUT2D eigenvalue weighted by Crippen LogP contribution is -2.20. The van der Waals surface area contributed by atoms with Crippen LogP contribution in [-0.4, -0.2) is 19.7 Å². The lowest BCUT2D eigenvalue weighted by Gasteiger charge is -2.01. The molecule has 0 aliphatic heterocycles. The fourth-order valence-electron chi connectivity index (χ4n) is 2.15. The van der Waals surface area contributed by atoms with Gasteiger partial charge in [0.1, 0.15) is 4.70 Å². The molecule has 1 aliphatic carbocycles. The van der Waals surface area contributed by atoms with Crippen molar-refractivity contribution in [1.82, 2.24) is 19.7 Å². The molecule has 0 saturated heterocycles. The van der Waals surface area contributed by atoms with Gasteiger partial charge in [-0.05, 0) is 30.7 Å². The largest absolute Gasteiger partial charge is 0.339 e. The Bertz CT molecular complexity index is 844. The van der Waals surface area contributed by atoms with Crippen LogP contribution in [0.25, 0.3) is 10.2 Å². The van der Waals surface area contributed by atoms with Gasteiger partial charge in [-0.15, -0.1) is 11.3 Å². The molecule has 3 aromatic rings. The predicted octanol–water partition coefficient (Wildman–Crippen LogP) is 2.08. The van der Waals surface area contributed by atoms with E-state index in [-0.39, 0.29) is 5.56 Å². The first-order valence-electron chi connectivity index (χ1n) is 6.48. The number of rotatable bonds is 3. The minimum Gasteiger partial charge on any atom is -0.339 e. The van der Waals surface area contributed by atoms with Crippen LogP contribution in [0.15, 0.2) is 21.0 Å². The Morgan fingerprint density at radius 1 is 1.50 bits per heavy atom. The van der Waals surface area contributed by atoms with Crippen molar-refractivity contribution in [2.45, 2.75) is 32.2 Å². The van der Waals surface area contributed by atoms with Gasteiger partial charge in [0.2, 0.25) is 5.89 Å². The molecule has 4 rings (SSSR count). The van der Waals surface area contributed by atoms with Gasteiger partial charge in [0.05, 0.1) is 18.4 Å². The first-order chi connectivity index (χ1) is 9.72. The van der Waals surface area contributed by atoms with Crippen molar-refractivity contribution >= 4 is 21.6 Å².